The molecule has 1 aromatic carbocycles. The number of ether oxygens (including phenoxy) is 2. The predicted octanol–water partition coefficient (Wildman–Crippen LogP) is 3.28. The molecule has 0 radical (unpaired) electrons. The molecule has 1 aliphatic carbocycles. The van der Waals surface area contributed by atoms with E-state index in [1.54, 1.807) is 26.2 Å². The number of nitriles is 1. The van der Waals surface area contributed by atoms with E-state index in [-0.39, 0.29) is 30.0 Å². The fraction of sp³-hybridized carbons (Fsp3) is 0.476. The van der Waals surface area contributed by atoms with Crippen LogP contribution in [0.5, 0.6) is 11.5 Å². The molecule has 0 atom stereocenters. The lowest BCUT2D eigenvalue weighted by Crippen LogP contribution is -2.36. The Hall–Kier alpha value is -2.53. The molecule has 8 heteroatoms. The molecule has 0 heterocycles. The van der Waals surface area contributed by atoms with Crippen LogP contribution in [0.3, 0.4) is 0 Å². The van der Waals surface area contributed by atoms with Gasteiger partial charge in [-0.3, -0.25) is 9.59 Å². The predicted molar refractivity (Wildman–Crippen MR) is 113 cm³/mol. The van der Waals surface area contributed by atoms with Crippen LogP contribution >= 0.6 is 15.9 Å². The summed E-state index contributed by atoms with van der Waals surface area (Å²) in [6, 6.07) is 5.47. The monoisotopic (exact) mass is 463 g/mol. The molecule has 0 unspecified atom stereocenters. The van der Waals surface area contributed by atoms with E-state index in [9.17, 15) is 14.9 Å². The Balaban J connectivity index is 2.19. The van der Waals surface area contributed by atoms with E-state index in [4.69, 9.17) is 9.47 Å². The lowest BCUT2D eigenvalue weighted by molar-refractivity contribution is -0.130. The van der Waals surface area contributed by atoms with Crippen LogP contribution in [0.4, 0.5) is 0 Å². The number of rotatable bonds is 7. The number of amides is 2. The lowest BCUT2D eigenvalue weighted by Gasteiger charge is -2.22. The van der Waals surface area contributed by atoms with Gasteiger partial charge in [-0.15, -0.1) is 0 Å². The van der Waals surface area contributed by atoms with Crippen LogP contribution in [0.2, 0.25) is 0 Å². The smallest absolute Gasteiger partial charge is 0.262 e. The summed E-state index contributed by atoms with van der Waals surface area (Å²) in [4.78, 5) is 25.7. The second-order valence-corrected chi connectivity index (χ2v) is 7.94. The van der Waals surface area contributed by atoms with Crippen molar-refractivity contribution in [2.24, 2.45) is 0 Å². The first kappa shape index (κ1) is 22.8. The zero-order valence-corrected chi connectivity index (χ0v) is 18.5. The second-order valence-electron chi connectivity index (χ2n) is 7.09. The van der Waals surface area contributed by atoms with E-state index >= 15 is 0 Å². The topological polar surface area (TPSA) is 91.7 Å². The van der Waals surface area contributed by atoms with Crippen molar-refractivity contribution in [3.05, 3.63) is 27.7 Å². The molecule has 2 rings (SSSR count). The number of nitrogens with zero attached hydrogens (tertiary/aromatic N) is 2. The van der Waals surface area contributed by atoms with Crippen LogP contribution in [-0.4, -0.2) is 50.6 Å². The summed E-state index contributed by atoms with van der Waals surface area (Å²) in [5.41, 5.74) is 0.635. The molecule has 156 valence electrons. The number of nitrogens with one attached hydrogen (secondary N) is 1. The van der Waals surface area contributed by atoms with Crippen molar-refractivity contribution in [3.8, 4) is 17.6 Å². The number of hydrogen-bond acceptors (Lipinski definition) is 5. The summed E-state index contributed by atoms with van der Waals surface area (Å²) in [6.45, 7) is -0.135. The Labute approximate surface area is 179 Å². The molecule has 2 amide bonds. The van der Waals surface area contributed by atoms with Gasteiger partial charge in [0.15, 0.2) is 18.1 Å². The summed E-state index contributed by atoms with van der Waals surface area (Å²) < 4.78 is 11.5. The molecule has 0 spiro atoms. The van der Waals surface area contributed by atoms with Gasteiger partial charge in [0.25, 0.3) is 11.8 Å². The van der Waals surface area contributed by atoms with Gasteiger partial charge in [0.2, 0.25) is 0 Å². The number of halogens is 1. The fourth-order valence-corrected chi connectivity index (χ4v) is 3.63. The van der Waals surface area contributed by atoms with Crippen LogP contribution in [0.15, 0.2) is 22.2 Å². The molecule has 29 heavy (non-hydrogen) atoms. The third-order valence-corrected chi connectivity index (χ3v) is 5.30. The summed E-state index contributed by atoms with van der Waals surface area (Å²) in [5.74, 6) is 0.215. The molecule has 1 aromatic rings. The first-order chi connectivity index (χ1) is 13.8. The quantitative estimate of drug-likeness (QED) is 0.494. The minimum atomic E-state index is -0.369. The number of hydrogen-bond donors (Lipinski definition) is 1. The van der Waals surface area contributed by atoms with Crippen molar-refractivity contribution < 1.29 is 19.1 Å². The van der Waals surface area contributed by atoms with Crippen LogP contribution < -0.4 is 14.8 Å². The molecule has 7 nitrogen and oxygen atoms in total. The Morgan fingerprint density at radius 3 is 2.59 bits per heavy atom. The molecule has 1 N–H and O–H groups in total. The standard InChI is InChI=1S/C21H26BrN3O4/c1-25(2)19(26)13-29-20-17(22)10-14(11-18(20)28-3)9-15(12-23)21(27)24-16-7-5-4-6-8-16/h9-11,16H,4-8,13H2,1-3H3,(H,24,27). The van der Waals surface area contributed by atoms with Crippen molar-refractivity contribution in [3.63, 3.8) is 0 Å². The maximum atomic E-state index is 12.5. The molecule has 1 aliphatic rings. The summed E-state index contributed by atoms with van der Waals surface area (Å²) in [6.07, 6.45) is 6.79. The molecule has 0 bridgehead atoms. The van der Waals surface area contributed by atoms with Crippen molar-refractivity contribution in [2.45, 2.75) is 38.1 Å². The second kappa shape index (κ2) is 10.9. The average molecular weight is 464 g/mol. The first-order valence-electron chi connectivity index (χ1n) is 9.48. The van der Waals surface area contributed by atoms with Gasteiger partial charge in [0, 0.05) is 20.1 Å². The van der Waals surface area contributed by atoms with Gasteiger partial charge in [0.1, 0.15) is 11.6 Å². The minimum Gasteiger partial charge on any atom is -0.493 e. The van der Waals surface area contributed by atoms with Gasteiger partial charge in [-0.1, -0.05) is 19.3 Å². The molecular formula is C21H26BrN3O4. The summed E-state index contributed by atoms with van der Waals surface area (Å²) in [5, 5.41) is 12.4. The number of carbonyl (C=O) groups excluding carboxylic acids is 2. The van der Waals surface area contributed by atoms with Crippen molar-refractivity contribution in [1.82, 2.24) is 10.2 Å². The molecular weight excluding hydrogens is 438 g/mol. The van der Waals surface area contributed by atoms with Crippen molar-refractivity contribution >= 4 is 33.8 Å². The Morgan fingerprint density at radius 2 is 2.00 bits per heavy atom. The Bertz CT molecular complexity index is 824. The van der Waals surface area contributed by atoms with Gasteiger partial charge >= 0.3 is 0 Å². The first-order valence-corrected chi connectivity index (χ1v) is 10.3. The highest BCUT2D eigenvalue weighted by Crippen LogP contribution is 2.37. The maximum Gasteiger partial charge on any atom is 0.262 e. The highest BCUT2D eigenvalue weighted by Gasteiger charge is 2.19. The molecule has 1 saturated carbocycles. The average Bonchev–Trinajstić information content (AvgIpc) is 2.71. The normalized spacial score (nSPS) is 14.7. The van der Waals surface area contributed by atoms with E-state index in [1.165, 1.54) is 24.5 Å². The highest BCUT2D eigenvalue weighted by molar-refractivity contribution is 9.10. The third-order valence-electron chi connectivity index (χ3n) is 4.71. The summed E-state index contributed by atoms with van der Waals surface area (Å²) >= 11 is 3.41. The zero-order chi connectivity index (χ0) is 21.4. The van der Waals surface area contributed by atoms with Crippen LogP contribution in [0, 0.1) is 11.3 Å². The molecule has 0 aromatic heterocycles. The van der Waals surface area contributed by atoms with Crippen LogP contribution in [0.1, 0.15) is 37.7 Å². The van der Waals surface area contributed by atoms with E-state index < -0.39 is 0 Å². The molecule has 1 fully saturated rings. The largest absolute Gasteiger partial charge is 0.493 e. The fourth-order valence-electron chi connectivity index (χ4n) is 3.05. The van der Waals surface area contributed by atoms with E-state index in [0.29, 0.717) is 21.5 Å². The van der Waals surface area contributed by atoms with Gasteiger partial charge < -0.3 is 19.7 Å². The Morgan fingerprint density at radius 1 is 1.31 bits per heavy atom. The number of methoxy groups -OCH3 is 1. The van der Waals surface area contributed by atoms with Gasteiger partial charge in [0.05, 0.1) is 11.6 Å². The van der Waals surface area contributed by atoms with E-state index in [2.05, 4.69) is 21.2 Å². The van der Waals surface area contributed by atoms with E-state index in [0.717, 1.165) is 25.7 Å². The molecule has 0 aliphatic heterocycles. The third kappa shape index (κ3) is 6.50. The number of benzene rings is 1. The number of carbonyl (C=O) groups is 2. The van der Waals surface area contributed by atoms with Crippen LogP contribution in [0.25, 0.3) is 6.08 Å². The summed E-state index contributed by atoms with van der Waals surface area (Å²) in [7, 11) is 4.78. The van der Waals surface area contributed by atoms with E-state index in [1.807, 2.05) is 6.07 Å². The molecule has 0 saturated heterocycles. The number of likely N-dealkylation sites (N-methyl/N-ethyl adjacent to an activating group) is 1. The van der Waals surface area contributed by atoms with Gasteiger partial charge in [-0.25, -0.2) is 0 Å². The van der Waals surface area contributed by atoms with Crippen molar-refractivity contribution in [2.75, 3.05) is 27.8 Å². The van der Waals surface area contributed by atoms with Gasteiger partial charge in [-0.05, 0) is 52.5 Å². The van der Waals surface area contributed by atoms with Crippen molar-refractivity contribution in [1.29, 1.82) is 5.26 Å². The lowest BCUT2D eigenvalue weighted by atomic mass is 9.95. The van der Waals surface area contributed by atoms with Crippen LogP contribution in [-0.2, 0) is 9.59 Å². The zero-order valence-electron chi connectivity index (χ0n) is 17.0. The SMILES string of the molecule is COc1cc(C=C(C#N)C(=O)NC2CCCCC2)cc(Br)c1OCC(=O)N(C)C. The minimum absolute atomic E-state index is 0.0287. The van der Waals surface area contributed by atoms with Gasteiger partial charge in [-0.2, -0.15) is 5.26 Å². The highest BCUT2D eigenvalue weighted by atomic mass is 79.9. The maximum absolute atomic E-state index is 12.5. The Kier molecular flexibility index (Phi) is 8.52.